The van der Waals surface area contributed by atoms with Crippen molar-refractivity contribution in [1.82, 2.24) is 5.32 Å². The molecule has 2 N–H and O–H groups in total. The van der Waals surface area contributed by atoms with Crippen LogP contribution in [0.3, 0.4) is 0 Å². The number of methoxy groups -OCH3 is 2. The van der Waals surface area contributed by atoms with Gasteiger partial charge >= 0.3 is 0 Å². The summed E-state index contributed by atoms with van der Waals surface area (Å²) in [5, 5.41) is 13.6. The summed E-state index contributed by atoms with van der Waals surface area (Å²) in [7, 11) is 3.21. The van der Waals surface area contributed by atoms with E-state index < -0.39 is 6.10 Å². The molecule has 2 atom stereocenters. The number of aliphatic hydroxyl groups excluding tert-OH is 1. The molecule has 0 fully saturated rings. The van der Waals surface area contributed by atoms with Gasteiger partial charge in [0.05, 0.1) is 20.3 Å². The topological polar surface area (TPSA) is 50.7 Å². The lowest BCUT2D eigenvalue weighted by Gasteiger charge is -2.19. The molecule has 0 aliphatic heterocycles. The number of ether oxygens (including phenoxy) is 2. The molecule has 1 aromatic rings. The zero-order valence-electron chi connectivity index (χ0n) is 12.3. The van der Waals surface area contributed by atoms with E-state index in [2.05, 4.69) is 19.2 Å². The van der Waals surface area contributed by atoms with Crippen LogP contribution in [0.2, 0.25) is 0 Å². The average Bonchev–Trinajstić information content (AvgIpc) is 2.44. The largest absolute Gasteiger partial charge is 0.497 e. The molecular weight excluding hydrogens is 242 g/mol. The van der Waals surface area contributed by atoms with Crippen LogP contribution in [0.5, 0.6) is 11.5 Å². The predicted octanol–water partition coefficient (Wildman–Crippen LogP) is 2.52. The quantitative estimate of drug-likeness (QED) is 0.760. The lowest BCUT2D eigenvalue weighted by Crippen LogP contribution is -2.30. The molecule has 0 spiro atoms. The Morgan fingerprint density at radius 3 is 2.58 bits per heavy atom. The number of aliphatic hydroxyl groups is 1. The fraction of sp³-hybridized carbons (Fsp3) is 0.600. The third kappa shape index (κ3) is 4.73. The summed E-state index contributed by atoms with van der Waals surface area (Å²) in [4.78, 5) is 0. The Balaban J connectivity index is 2.71. The highest BCUT2D eigenvalue weighted by molar-refractivity contribution is 5.41. The Morgan fingerprint density at radius 1 is 1.26 bits per heavy atom. The smallest absolute Gasteiger partial charge is 0.124 e. The fourth-order valence-electron chi connectivity index (χ4n) is 2.06. The molecule has 0 radical (unpaired) electrons. The summed E-state index contributed by atoms with van der Waals surface area (Å²) in [5.41, 5.74) is 0.748. The summed E-state index contributed by atoms with van der Waals surface area (Å²) in [5.74, 6) is 1.40. The normalized spacial score (nSPS) is 13.9. The first-order valence-corrected chi connectivity index (χ1v) is 6.75. The van der Waals surface area contributed by atoms with Crippen LogP contribution in [0.4, 0.5) is 0 Å². The maximum absolute atomic E-state index is 10.3. The second kappa shape index (κ2) is 8.02. The van der Waals surface area contributed by atoms with Gasteiger partial charge in [0.25, 0.3) is 0 Å². The SMILES string of the molecule is CCCC(C)NCC(O)c1cc(OC)ccc1OC. The van der Waals surface area contributed by atoms with E-state index in [1.807, 2.05) is 18.2 Å². The number of nitrogens with one attached hydrogen (secondary N) is 1. The summed E-state index contributed by atoms with van der Waals surface area (Å²) in [6.07, 6.45) is 1.62. The van der Waals surface area contributed by atoms with Crippen LogP contribution < -0.4 is 14.8 Å². The van der Waals surface area contributed by atoms with Gasteiger partial charge in [-0.25, -0.2) is 0 Å². The monoisotopic (exact) mass is 267 g/mol. The van der Waals surface area contributed by atoms with E-state index >= 15 is 0 Å². The highest BCUT2D eigenvalue weighted by Gasteiger charge is 2.15. The van der Waals surface area contributed by atoms with Crippen molar-refractivity contribution in [2.24, 2.45) is 0 Å². The van der Waals surface area contributed by atoms with Gasteiger partial charge in [0.1, 0.15) is 11.5 Å². The van der Waals surface area contributed by atoms with Crippen LogP contribution in [0, 0.1) is 0 Å². The number of hydrogen-bond acceptors (Lipinski definition) is 4. The van der Waals surface area contributed by atoms with Crippen molar-refractivity contribution in [3.63, 3.8) is 0 Å². The molecule has 4 heteroatoms. The Labute approximate surface area is 115 Å². The van der Waals surface area contributed by atoms with Gasteiger partial charge in [-0.1, -0.05) is 13.3 Å². The van der Waals surface area contributed by atoms with Gasteiger partial charge in [0.15, 0.2) is 0 Å². The van der Waals surface area contributed by atoms with Crippen molar-refractivity contribution in [2.45, 2.75) is 38.8 Å². The second-order valence-corrected chi connectivity index (χ2v) is 4.72. The molecule has 108 valence electrons. The molecule has 2 unspecified atom stereocenters. The summed E-state index contributed by atoms with van der Waals surface area (Å²) < 4.78 is 10.5. The van der Waals surface area contributed by atoms with E-state index in [4.69, 9.17) is 9.47 Å². The fourth-order valence-corrected chi connectivity index (χ4v) is 2.06. The van der Waals surface area contributed by atoms with Crippen molar-refractivity contribution in [2.75, 3.05) is 20.8 Å². The highest BCUT2D eigenvalue weighted by Crippen LogP contribution is 2.29. The Kier molecular flexibility index (Phi) is 6.67. The van der Waals surface area contributed by atoms with Gasteiger partial charge in [-0.05, 0) is 31.5 Å². The average molecular weight is 267 g/mol. The summed E-state index contributed by atoms with van der Waals surface area (Å²) in [6.45, 7) is 4.78. The lowest BCUT2D eigenvalue weighted by molar-refractivity contribution is 0.165. The predicted molar refractivity (Wildman–Crippen MR) is 76.9 cm³/mol. The number of benzene rings is 1. The Hall–Kier alpha value is -1.26. The van der Waals surface area contributed by atoms with Crippen molar-refractivity contribution in [3.05, 3.63) is 23.8 Å². The first-order valence-electron chi connectivity index (χ1n) is 6.75. The molecular formula is C15H25NO3. The molecule has 0 heterocycles. The van der Waals surface area contributed by atoms with E-state index in [0.29, 0.717) is 18.3 Å². The van der Waals surface area contributed by atoms with Crippen molar-refractivity contribution < 1.29 is 14.6 Å². The minimum atomic E-state index is -0.607. The van der Waals surface area contributed by atoms with E-state index in [-0.39, 0.29) is 0 Å². The number of hydrogen-bond donors (Lipinski definition) is 2. The molecule has 0 saturated heterocycles. The van der Waals surface area contributed by atoms with Crippen molar-refractivity contribution in [3.8, 4) is 11.5 Å². The van der Waals surface area contributed by atoms with Crippen LogP contribution in [0.15, 0.2) is 18.2 Å². The maximum atomic E-state index is 10.3. The second-order valence-electron chi connectivity index (χ2n) is 4.72. The molecule has 4 nitrogen and oxygen atoms in total. The Bertz CT molecular complexity index is 382. The molecule has 1 rings (SSSR count). The molecule has 0 aliphatic rings. The Morgan fingerprint density at radius 2 is 2.00 bits per heavy atom. The van der Waals surface area contributed by atoms with Crippen LogP contribution >= 0.6 is 0 Å². The van der Waals surface area contributed by atoms with Gasteiger partial charge in [0.2, 0.25) is 0 Å². The molecule has 0 aliphatic carbocycles. The number of rotatable bonds is 8. The zero-order valence-corrected chi connectivity index (χ0v) is 12.3. The van der Waals surface area contributed by atoms with Gasteiger partial charge in [0, 0.05) is 18.2 Å². The van der Waals surface area contributed by atoms with Crippen molar-refractivity contribution >= 4 is 0 Å². The van der Waals surface area contributed by atoms with Gasteiger partial charge in [-0.3, -0.25) is 0 Å². The third-order valence-corrected chi connectivity index (χ3v) is 3.18. The summed E-state index contributed by atoms with van der Waals surface area (Å²) in [6, 6.07) is 5.85. The third-order valence-electron chi connectivity index (χ3n) is 3.18. The zero-order chi connectivity index (χ0) is 14.3. The molecule has 1 aromatic carbocycles. The molecule has 19 heavy (non-hydrogen) atoms. The van der Waals surface area contributed by atoms with E-state index in [9.17, 15) is 5.11 Å². The molecule has 0 saturated carbocycles. The van der Waals surface area contributed by atoms with Crippen LogP contribution in [-0.2, 0) is 0 Å². The first-order chi connectivity index (χ1) is 9.12. The van der Waals surface area contributed by atoms with Gasteiger partial charge < -0.3 is 19.9 Å². The van der Waals surface area contributed by atoms with E-state index in [1.54, 1.807) is 14.2 Å². The highest BCUT2D eigenvalue weighted by atomic mass is 16.5. The van der Waals surface area contributed by atoms with Crippen LogP contribution in [-0.4, -0.2) is 31.9 Å². The standard InChI is InChI=1S/C15H25NO3/c1-5-6-11(2)16-10-14(17)13-9-12(18-3)7-8-15(13)19-4/h7-9,11,14,16-17H,5-6,10H2,1-4H3. The molecule has 0 aromatic heterocycles. The van der Waals surface area contributed by atoms with Crippen molar-refractivity contribution in [1.29, 1.82) is 0 Å². The van der Waals surface area contributed by atoms with Crippen LogP contribution in [0.1, 0.15) is 38.4 Å². The van der Waals surface area contributed by atoms with E-state index in [1.165, 1.54) is 0 Å². The maximum Gasteiger partial charge on any atom is 0.124 e. The minimum Gasteiger partial charge on any atom is -0.497 e. The van der Waals surface area contributed by atoms with E-state index in [0.717, 1.165) is 24.2 Å². The first kappa shape index (κ1) is 15.8. The molecule has 0 bridgehead atoms. The van der Waals surface area contributed by atoms with Crippen LogP contribution in [0.25, 0.3) is 0 Å². The lowest BCUT2D eigenvalue weighted by atomic mass is 10.1. The van der Waals surface area contributed by atoms with Gasteiger partial charge in [-0.15, -0.1) is 0 Å². The van der Waals surface area contributed by atoms with Gasteiger partial charge in [-0.2, -0.15) is 0 Å². The minimum absolute atomic E-state index is 0.399. The molecule has 0 amide bonds. The summed E-state index contributed by atoms with van der Waals surface area (Å²) >= 11 is 0.